The Balaban J connectivity index is 0.00000280. The van der Waals surface area contributed by atoms with Gasteiger partial charge in [0, 0.05) is 31.2 Å². The van der Waals surface area contributed by atoms with Gasteiger partial charge in [0.05, 0.1) is 6.54 Å². The van der Waals surface area contributed by atoms with E-state index in [0.717, 1.165) is 43.5 Å². The van der Waals surface area contributed by atoms with Gasteiger partial charge < -0.3 is 10.6 Å². The molecule has 2 N–H and O–H groups in total. The third-order valence-electron chi connectivity index (χ3n) is 5.21. The Hall–Kier alpha value is -1.42. The zero-order chi connectivity index (χ0) is 19.1. The normalized spacial score (nSPS) is 16.0. The molecule has 0 saturated carbocycles. The fourth-order valence-electron chi connectivity index (χ4n) is 3.57. The number of fused-ring (bicyclic) bond motifs is 1. The Kier molecular flexibility index (Phi) is 8.94. The van der Waals surface area contributed by atoms with E-state index in [0.29, 0.717) is 0 Å². The van der Waals surface area contributed by atoms with Crippen LogP contribution in [0.15, 0.2) is 29.4 Å². The lowest BCUT2D eigenvalue weighted by Gasteiger charge is -2.40. The lowest BCUT2D eigenvalue weighted by atomic mass is 9.99. The minimum atomic E-state index is 0. The molecule has 3 rings (SSSR count). The summed E-state index contributed by atoms with van der Waals surface area (Å²) in [7, 11) is 0. The first-order chi connectivity index (χ1) is 13.1. The summed E-state index contributed by atoms with van der Waals surface area (Å²) in [5.41, 5.74) is 0.975. The molecule has 8 heteroatoms. The quantitative estimate of drug-likeness (QED) is 0.349. The van der Waals surface area contributed by atoms with E-state index in [-0.39, 0.29) is 29.5 Å². The van der Waals surface area contributed by atoms with Crippen molar-refractivity contribution in [2.45, 2.75) is 52.0 Å². The molecule has 0 amide bonds. The summed E-state index contributed by atoms with van der Waals surface area (Å²) in [6.07, 6.45) is 6.77. The van der Waals surface area contributed by atoms with Crippen LogP contribution in [0.5, 0.6) is 0 Å². The van der Waals surface area contributed by atoms with Crippen LogP contribution in [-0.2, 0) is 6.42 Å². The summed E-state index contributed by atoms with van der Waals surface area (Å²) in [5.74, 6) is 1.83. The molecular formula is C20H34IN7. The SMILES string of the molecule is CCNC(=NCC(C)(C)N1CCCCC1)NCCc1nnc2ccccn12.I. The minimum absolute atomic E-state index is 0. The number of piperidine rings is 1. The van der Waals surface area contributed by atoms with Crippen LogP contribution in [0, 0.1) is 0 Å². The number of guanidine groups is 1. The van der Waals surface area contributed by atoms with Crippen LogP contribution in [0.1, 0.15) is 45.9 Å². The first kappa shape index (κ1) is 22.9. The Morgan fingerprint density at radius 1 is 1.14 bits per heavy atom. The Bertz CT molecular complexity index is 750. The monoisotopic (exact) mass is 499 g/mol. The molecular weight excluding hydrogens is 465 g/mol. The number of halogens is 1. The molecule has 0 radical (unpaired) electrons. The van der Waals surface area contributed by atoms with Gasteiger partial charge in [0.1, 0.15) is 5.82 Å². The van der Waals surface area contributed by atoms with Crippen LogP contribution in [0.25, 0.3) is 5.65 Å². The maximum absolute atomic E-state index is 4.85. The minimum Gasteiger partial charge on any atom is -0.357 e. The van der Waals surface area contributed by atoms with Crippen molar-refractivity contribution in [2.75, 3.05) is 32.7 Å². The first-order valence-electron chi connectivity index (χ1n) is 10.2. The summed E-state index contributed by atoms with van der Waals surface area (Å²) >= 11 is 0. The number of hydrogen-bond acceptors (Lipinski definition) is 4. The summed E-state index contributed by atoms with van der Waals surface area (Å²) in [5, 5.41) is 15.3. The highest BCUT2D eigenvalue weighted by molar-refractivity contribution is 14.0. The van der Waals surface area contributed by atoms with Crippen LogP contribution < -0.4 is 10.6 Å². The average molecular weight is 499 g/mol. The molecule has 0 aromatic carbocycles. The first-order valence-corrected chi connectivity index (χ1v) is 10.2. The smallest absolute Gasteiger partial charge is 0.191 e. The Morgan fingerprint density at radius 2 is 1.93 bits per heavy atom. The zero-order valence-electron chi connectivity index (χ0n) is 17.3. The second kappa shape index (κ2) is 10.9. The van der Waals surface area contributed by atoms with Crippen LogP contribution in [0.2, 0.25) is 0 Å². The van der Waals surface area contributed by atoms with Crippen molar-refractivity contribution in [2.24, 2.45) is 4.99 Å². The summed E-state index contributed by atoms with van der Waals surface area (Å²) in [6.45, 7) is 11.5. The van der Waals surface area contributed by atoms with Crippen molar-refractivity contribution >= 4 is 35.6 Å². The van der Waals surface area contributed by atoms with Gasteiger partial charge in [0.2, 0.25) is 0 Å². The van der Waals surface area contributed by atoms with E-state index in [2.05, 4.69) is 46.5 Å². The second-order valence-electron chi connectivity index (χ2n) is 7.78. The van der Waals surface area contributed by atoms with Gasteiger partial charge in [-0.25, -0.2) is 0 Å². The standard InChI is InChI=1S/C20H33N7.HI/c1-4-21-19(23-16-20(2,3)26-13-7-5-8-14-26)22-12-11-18-25-24-17-10-6-9-15-27(17)18;/h6,9-10,15H,4-5,7-8,11-14,16H2,1-3H3,(H2,21,22,23);1H. The molecule has 0 atom stereocenters. The third-order valence-corrected chi connectivity index (χ3v) is 5.21. The molecule has 1 aliphatic rings. The molecule has 0 bridgehead atoms. The van der Waals surface area contributed by atoms with Crippen molar-refractivity contribution < 1.29 is 0 Å². The van der Waals surface area contributed by atoms with E-state index in [9.17, 15) is 0 Å². The highest BCUT2D eigenvalue weighted by atomic mass is 127. The molecule has 0 aliphatic carbocycles. The van der Waals surface area contributed by atoms with Crippen molar-refractivity contribution in [3.63, 3.8) is 0 Å². The lowest BCUT2D eigenvalue weighted by Crippen LogP contribution is -2.49. The average Bonchev–Trinajstić information content (AvgIpc) is 3.10. The second-order valence-corrected chi connectivity index (χ2v) is 7.78. The molecule has 0 unspecified atom stereocenters. The molecule has 1 fully saturated rings. The van der Waals surface area contributed by atoms with Crippen molar-refractivity contribution in [3.8, 4) is 0 Å². The Labute approximate surface area is 185 Å². The van der Waals surface area contributed by atoms with Gasteiger partial charge in [-0.3, -0.25) is 14.3 Å². The Morgan fingerprint density at radius 3 is 2.68 bits per heavy atom. The van der Waals surface area contributed by atoms with Gasteiger partial charge in [-0.15, -0.1) is 34.2 Å². The van der Waals surface area contributed by atoms with E-state index in [1.807, 2.05) is 28.8 Å². The van der Waals surface area contributed by atoms with Gasteiger partial charge >= 0.3 is 0 Å². The fourth-order valence-corrected chi connectivity index (χ4v) is 3.57. The highest BCUT2D eigenvalue weighted by Crippen LogP contribution is 2.20. The number of aromatic nitrogens is 3. The van der Waals surface area contributed by atoms with Gasteiger partial charge in [-0.05, 0) is 58.8 Å². The number of pyridine rings is 1. The van der Waals surface area contributed by atoms with E-state index in [4.69, 9.17) is 4.99 Å². The molecule has 7 nitrogen and oxygen atoms in total. The highest BCUT2D eigenvalue weighted by Gasteiger charge is 2.27. The molecule has 28 heavy (non-hydrogen) atoms. The number of rotatable bonds is 7. The third kappa shape index (κ3) is 6.04. The van der Waals surface area contributed by atoms with E-state index < -0.39 is 0 Å². The predicted molar refractivity (Wildman–Crippen MR) is 126 cm³/mol. The number of nitrogens with zero attached hydrogens (tertiary/aromatic N) is 5. The van der Waals surface area contributed by atoms with Crippen molar-refractivity contribution in [3.05, 3.63) is 30.2 Å². The van der Waals surface area contributed by atoms with Gasteiger partial charge in [-0.1, -0.05) is 12.5 Å². The van der Waals surface area contributed by atoms with Crippen LogP contribution >= 0.6 is 24.0 Å². The van der Waals surface area contributed by atoms with E-state index in [1.54, 1.807) is 0 Å². The molecule has 2 aromatic heterocycles. The van der Waals surface area contributed by atoms with Gasteiger partial charge in [0.15, 0.2) is 11.6 Å². The lowest BCUT2D eigenvalue weighted by molar-refractivity contribution is 0.102. The molecule has 2 aromatic rings. The van der Waals surface area contributed by atoms with E-state index >= 15 is 0 Å². The van der Waals surface area contributed by atoms with Crippen molar-refractivity contribution in [1.82, 2.24) is 30.1 Å². The number of nitrogens with one attached hydrogen (secondary N) is 2. The summed E-state index contributed by atoms with van der Waals surface area (Å²) in [4.78, 5) is 7.43. The largest absolute Gasteiger partial charge is 0.357 e. The molecule has 0 spiro atoms. The molecule has 1 saturated heterocycles. The molecule has 3 heterocycles. The predicted octanol–water partition coefficient (Wildman–Crippen LogP) is 2.71. The maximum atomic E-state index is 4.85. The number of likely N-dealkylation sites (tertiary alicyclic amines) is 1. The van der Waals surface area contributed by atoms with Gasteiger partial charge in [0.25, 0.3) is 0 Å². The van der Waals surface area contributed by atoms with E-state index in [1.165, 1.54) is 32.4 Å². The topological polar surface area (TPSA) is 69.8 Å². The maximum Gasteiger partial charge on any atom is 0.191 e. The van der Waals surface area contributed by atoms with Crippen LogP contribution in [-0.4, -0.2) is 63.7 Å². The zero-order valence-corrected chi connectivity index (χ0v) is 19.6. The number of aliphatic imine (C=N–C) groups is 1. The summed E-state index contributed by atoms with van der Waals surface area (Å²) < 4.78 is 2.03. The van der Waals surface area contributed by atoms with Crippen LogP contribution in [0.4, 0.5) is 0 Å². The van der Waals surface area contributed by atoms with Crippen molar-refractivity contribution in [1.29, 1.82) is 0 Å². The fraction of sp³-hybridized carbons (Fsp3) is 0.650. The van der Waals surface area contributed by atoms with Gasteiger partial charge in [-0.2, -0.15) is 0 Å². The number of hydrogen-bond donors (Lipinski definition) is 2. The molecule has 156 valence electrons. The van der Waals surface area contributed by atoms with Crippen LogP contribution in [0.3, 0.4) is 0 Å². The molecule has 1 aliphatic heterocycles. The summed E-state index contributed by atoms with van der Waals surface area (Å²) in [6, 6.07) is 5.95.